The summed E-state index contributed by atoms with van der Waals surface area (Å²) in [4.78, 5) is 36.1. The SMILES string of the molecule is Cc1cc(C)c(CNC(=O)c2cc(-c3ccc(CN4CCOCC4)nc3)cc3c2cnn3C2CCCC2)c(=O)[nH]1. The van der Waals surface area contributed by atoms with Crippen molar-refractivity contribution < 1.29 is 9.53 Å². The molecule has 208 valence electrons. The van der Waals surface area contributed by atoms with Gasteiger partial charge in [-0.15, -0.1) is 0 Å². The van der Waals surface area contributed by atoms with Gasteiger partial charge in [-0.05, 0) is 62.1 Å². The number of aromatic nitrogens is 4. The van der Waals surface area contributed by atoms with E-state index in [-0.39, 0.29) is 18.0 Å². The Bertz CT molecular complexity index is 1580. The fourth-order valence-electron chi connectivity index (χ4n) is 5.98. The minimum atomic E-state index is -0.228. The number of nitrogens with one attached hydrogen (secondary N) is 2. The molecule has 3 aromatic heterocycles. The van der Waals surface area contributed by atoms with Crippen LogP contribution in [0, 0.1) is 13.8 Å². The van der Waals surface area contributed by atoms with Crippen molar-refractivity contribution >= 4 is 16.8 Å². The zero-order chi connectivity index (χ0) is 27.6. The monoisotopic (exact) mass is 540 g/mol. The quantitative estimate of drug-likeness (QED) is 0.363. The van der Waals surface area contributed by atoms with Crippen LogP contribution >= 0.6 is 0 Å². The maximum absolute atomic E-state index is 13.6. The first kappa shape index (κ1) is 26.4. The van der Waals surface area contributed by atoms with Crippen LogP contribution in [0.25, 0.3) is 22.0 Å². The number of H-pyrrole nitrogens is 1. The number of hydrogen-bond acceptors (Lipinski definition) is 6. The number of nitrogens with zero attached hydrogens (tertiary/aromatic N) is 4. The van der Waals surface area contributed by atoms with E-state index in [9.17, 15) is 9.59 Å². The van der Waals surface area contributed by atoms with Crippen molar-refractivity contribution in [1.82, 2.24) is 30.0 Å². The molecule has 6 rings (SSSR count). The number of carbonyl (C=O) groups excluding carboxylic acids is 1. The van der Waals surface area contributed by atoms with E-state index in [1.807, 2.05) is 32.2 Å². The summed E-state index contributed by atoms with van der Waals surface area (Å²) in [7, 11) is 0. The van der Waals surface area contributed by atoms with Gasteiger partial charge in [0.2, 0.25) is 0 Å². The highest BCUT2D eigenvalue weighted by Gasteiger charge is 2.23. The highest BCUT2D eigenvalue weighted by Crippen LogP contribution is 2.34. The number of pyridine rings is 2. The Morgan fingerprint density at radius 3 is 2.60 bits per heavy atom. The van der Waals surface area contributed by atoms with E-state index in [1.54, 1.807) is 6.20 Å². The number of carbonyl (C=O) groups is 1. The Balaban J connectivity index is 1.32. The van der Waals surface area contributed by atoms with Crippen LogP contribution in [0.15, 0.2) is 47.5 Å². The number of rotatable bonds is 7. The Morgan fingerprint density at radius 2 is 1.88 bits per heavy atom. The lowest BCUT2D eigenvalue weighted by Crippen LogP contribution is -2.35. The van der Waals surface area contributed by atoms with Crippen molar-refractivity contribution in [2.45, 2.75) is 58.7 Å². The predicted octanol–water partition coefficient (Wildman–Crippen LogP) is 4.28. The summed E-state index contributed by atoms with van der Waals surface area (Å²) in [5.74, 6) is -0.228. The summed E-state index contributed by atoms with van der Waals surface area (Å²) in [6, 6.07) is 10.5. The van der Waals surface area contributed by atoms with Crippen LogP contribution in [0.2, 0.25) is 0 Å². The normalized spacial score (nSPS) is 16.6. The Morgan fingerprint density at radius 1 is 1.07 bits per heavy atom. The molecule has 1 amide bonds. The molecule has 0 bridgehead atoms. The lowest BCUT2D eigenvalue weighted by Gasteiger charge is -2.26. The Labute approximate surface area is 233 Å². The summed E-state index contributed by atoms with van der Waals surface area (Å²) >= 11 is 0. The first-order valence-electron chi connectivity index (χ1n) is 14.2. The van der Waals surface area contributed by atoms with E-state index in [1.165, 1.54) is 12.8 Å². The van der Waals surface area contributed by atoms with Crippen LogP contribution in [0.1, 0.15) is 64.6 Å². The van der Waals surface area contributed by atoms with Crippen LogP contribution in [-0.4, -0.2) is 56.9 Å². The van der Waals surface area contributed by atoms with Gasteiger partial charge in [-0.1, -0.05) is 18.9 Å². The first-order chi connectivity index (χ1) is 19.5. The standard InChI is InChI=1S/C31H36N6O3/c1-20-13-21(2)35-31(39)27(20)17-33-30(38)26-14-23(15-29-28(26)18-34-37(29)25-5-3-4-6-25)22-7-8-24(32-16-22)19-36-9-11-40-12-10-36/h7-8,13-16,18,25H,3-6,9-12,17,19H2,1-2H3,(H,33,38)(H,35,39). The summed E-state index contributed by atoms with van der Waals surface area (Å²) in [6.45, 7) is 8.04. The number of fused-ring (bicyclic) bond motifs is 1. The van der Waals surface area contributed by atoms with Crippen LogP contribution in [0.5, 0.6) is 0 Å². The molecule has 4 heterocycles. The van der Waals surface area contributed by atoms with Crippen molar-refractivity contribution in [3.05, 3.63) is 81.2 Å². The molecular weight excluding hydrogens is 504 g/mol. The van der Waals surface area contributed by atoms with Gasteiger partial charge >= 0.3 is 0 Å². The molecule has 40 heavy (non-hydrogen) atoms. The van der Waals surface area contributed by atoms with E-state index in [0.29, 0.717) is 17.2 Å². The van der Waals surface area contributed by atoms with Gasteiger partial charge in [0.1, 0.15) is 0 Å². The van der Waals surface area contributed by atoms with Gasteiger partial charge < -0.3 is 15.0 Å². The zero-order valence-corrected chi connectivity index (χ0v) is 23.2. The number of aromatic amines is 1. The maximum atomic E-state index is 13.6. The molecule has 9 nitrogen and oxygen atoms in total. The molecular formula is C31H36N6O3. The second-order valence-electron chi connectivity index (χ2n) is 11.0. The molecule has 0 unspecified atom stereocenters. The Hall–Kier alpha value is -3.82. The summed E-state index contributed by atoms with van der Waals surface area (Å²) in [5, 5.41) is 8.55. The highest BCUT2D eigenvalue weighted by atomic mass is 16.5. The van der Waals surface area contributed by atoms with Gasteiger partial charge in [0, 0.05) is 54.6 Å². The molecule has 0 radical (unpaired) electrons. The van der Waals surface area contributed by atoms with Gasteiger partial charge in [0.25, 0.3) is 11.5 Å². The third-order valence-electron chi connectivity index (χ3n) is 8.20. The van der Waals surface area contributed by atoms with Gasteiger partial charge in [0.15, 0.2) is 0 Å². The van der Waals surface area contributed by atoms with E-state index < -0.39 is 0 Å². The topological polar surface area (TPSA) is 105 Å². The van der Waals surface area contributed by atoms with Crippen LogP contribution in [-0.2, 0) is 17.8 Å². The van der Waals surface area contributed by atoms with Crippen molar-refractivity contribution in [1.29, 1.82) is 0 Å². The number of amides is 1. The molecule has 1 aromatic carbocycles. The van der Waals surface area contributed by atoms with Crippen LogP contribution in [0.3, 0.4) is 0 Å². The molecule has 1 saturated heterocycles. The molecule has 0 spiro atoms. The molecule has 0 atom stereocenters. The number of hydrogen-bond donors (Lipinski definition) is 2. The molecule has 2 fully saturated rings. The van der Waals surface area contributed by atoms with Gasteiger partial charge in [-0.25, -0.2) is 0 Å². The van der Waals surface area contributed by atoms with Crippen molar-refractivity contribution in [3.63, 3.8) is 0 Å². The van der Waals surface area contributed by atoms with Crippen molar-refractivity contribution in [2.24, 2.45) is 0 Å². The predicted molar refractivity (Wildman–Crippen MR) is 154 cm³/mol. The third-order valence-corrected chi connectivity index (χ3v) is 8.20. The van der Waals surface area contributed by atoms with Gasteiger partial charge in [-0.2, -0.15) is 5.10 Å². The molecule has 2 N–H and O–H groups in total. The molecule has 2 aliphatic rings. The fourth-order valence-corrected chi connectivity index (χ4v) is 5.98. The number of aryl methyl sites for hydroxylation is 2. The third kappa shape index (κ3) is 5.44. The number of benzene rings is 1. The van der Waals surface area contributed by atoms with E-state index in [2.05, 4.69) is 38.1 Å². The Kier molecular flexibility index (Phi) is 7.49. The second kappa shape index (κ2) is 11.3. The molecule has 1 aliphatic heterocycles. The minimum Gasteiger partial charge on any atom is -0.379 e. The van der Waals surface area contributed by atoms with Crippen LogP contribution < -0.4 is 10.9 Å². The van der Waals surface area contributed by atoms with E-state index >= 15 is 0 Å². The minimum absolute atomic E-state index is 0.153. The summed E-state index contributed by atoms with van der Waals surface area (Å²) in [6.07, 6.45) is 8.27. The smallest absolute Gasteiger partial charge is 0.253 e. The van der Waals surface area contributed by atoms with Crippen LogP contribution in [0.4, 0.5) is 0 Å². The first-order valence-corrected chi connectivity index (χ1v) is 14.2. The van der Waals surface area contributed by atoms with Gasteiger partial charge in [-0.3, -0.25) is 24.2 Å². The maximum Gasteiger partial charge on any atom is 0.253 e. The highest BCUT2D eigenvalue weighted by molar-refractivity contribution is 6.08. The number of ether oxygens (including phenoxy) is 1. The molecule has 9 heteroatoms. The zero-order valence-electron chi connectivity index (χ0n) is 23.2. The lowest BCUT2D eigenvalue weighted by atomic mass is 10.00. The van der Waals surface area contributed by atoms with E-state index in [0.717, 1.165) is 84.7 Å². The van der Waals surface area contributed by atoms with Crippen molar-refractivity contribution in [3.8, 4) is 11.1 Å². The van der Waals surface area contributed by atoms with E-state index in [4.69, 9.17) is 14.8 Å². The van der Waals surface area contributed by atoms with Crippen molar-refractivity contribution in [2.75, 3.05) is 26.3 Å². The molecule has 1 aliphatic carbocycles. The number of morpholine rings is 1. The molecule has 4 aromatic rings. The van der Waals surface area contributed by atoms with Gasteiger partial charge in [0.05, 0.1) is 42.2 Å². The second-order valence-corrected chi connectivity index (χ2v) is 11.0. The average Bonchev–Trinajstić information content (AvgIpc) is 3.63. The average molecular weight is 541 g/mol. The fraction of sp³-hybridized carbons (Fsp3) is 0.419. The molecule has 1 saturated carbocycles. The summed E-state index contributed by atoms with van der Waals surface area (Å²) in [5.41, 5.74) is 6.44. The summed E-state index contributed by atoms with van der Waals surface area (Å²) < 4.78 is 7.55. The lowest BCUT2D eigenvalue weighted by molar-refractivity contribution is 0.0336. The largest absolute Gasteiger partial charge is 0.379 e.